The minimum Gasteiger partial charge on any atom is -0.420 e. The third-order valence-corrected chi connectivity index (χ3v) is 8.76. The van der Waals surface area contributed by atoms with Gasteiger partial charge in [-0.15, -0.1) is 10.2 Å². The SMILES string of the molecule is CN1CCC(F)(F)C(c2nnc(-c3cc4c(cc3F)S(=O)(=O)C[C@H](N)C(=O)N4Cc3ccc(Cl)cc3)o2)C1. The molecule has 1 amide bonds. The van der Waals surface area contributed by atoms with E-state index in [1.807, 2.05) is 0 Å². The molecule has 2 atom stereocenters. The summed E-state index contributed by atoms with van der Waals surface area (Å²) in [5.74, 6) is -7.74. The Hall–Kier alpha value is -3.00. The first kappa shape index (κ1) is 26.6. The predicted octanol–water partition coefficient (Wildman–Crippen LogP) is 3.23. The van der Waals surface area contributed by atoms with Crippen molar-refractivity contribution in [2.45, 2.75) is 35.7 Å². The Morgan fingerprint density at radius 2 is 1.92 bits per heavy atom. The number of likely N-dealkylation sites (tertiary alicyclic amines) is 1. The highest BCUT2D eigenvalue weighted by molar-refractivity contribution is 7.91. The van der Waals surface area contributed by atoms with Gasteiger partial charge in [0.1, 0.15) is 11.7 Å². The van der Waals surface area contributed by atoms with Gasteiger partial charge in [0.2, 0.25) is 11.8 Å². The van der Waals surface area contributed by atoms with Crippen LogP contribution in [-0.4, -0.2) is 67.3 Å². The zero-order chi connectivity index (χ0) is 27.4. The summed E-state index contributed by atoms with van der Waals surface area (Å²) in [4.78, 5) is 15.6. The van der Waals surface area contributed by atoms with Crippen LogP contribution in [0.4, 0.5) is 18.9 Å². The number of sulfone groups is 1. The van der Waals surface area contributed by atoms with Gasteiger partial charge in [-0.3, -0.25) is 4.79 Å². The second-order valence-corrected chi connectivity index (χ2v) is 11.9. The van der Waals surface area contributed by atoms with E-state index < -0.39 is 62.4 Å². The largest absolute Gasteiger partial charge is 0.420 e. The summed E-state index contributed by atoms with van der Waals surface area (Å²) in [5.41, 5.74) is 6.04. The maximum atomic E-state index is 15.3. The van der Waals surface area contributed by atoms with Crippen molar-refractivity contribution in [3.05, 3.63) is 58.7 Å². The number of piperidine rings is 1. The van der Waals surface area contributed by atoms with Crippen LogP contribution >= 0.6 is 11.6 Å². The molecule has 202 valence electrons. The molecule has 3 heterocycles. The van der Waals surface area contributed by atoms with E-state index in [-0.39, 0.29) is 36.8 Å². The molecule has 38 heavy (non-hydrogen) atoms. The van der Waals surface area contributed by atoms with Gasteiger partial charge in [-0.2, -0.15) is 0 Å². The number of nitrogens with two attached hydrogens (primary N) is 1. The standard InChI is InChI=1S/C24H23ClF3N5O4S/c1-32-7-6-24(27,28)16(11-32)22-31-30-21(37-22)15-8-19-20(9-17(15)26)38(35,36)12-18(29)23(34)33(19)10-13-2-4-14(25)5-3-13/h2-5,8-9,16,18H,6-7,10-12,29H2,1H3/t16?,18-/m0/s1. The van der Waals surface area contributed by atoms with E-state index in [2.05, 4.69) is 10.2 Å². The number of aromatic nitrogens is 2. The number of hydrogen-bond donors (Lipinski definition) is 1. The van der Waals surface area contributed by atoms with Gasteiger partial charge in [0.15, 0.2) is 9.84 Å². The highest BCUT2D eigenvalue weighted by Crippen LogP contribution is 2.41. The fraction of sp³-hybridized carbons (Fsp3) is 0.375. The maximum Gasteiger partial charge on any atom is 0.262 e. The summed E-state index contributed by atoms with van der Waals surface area (Å²) < 4.78 is 76.0. The summed E-state index contributed by atoms with van der Waals surface area (Å²) in [6, 6.07) is 6.96. The summed E-state index contributed by atoms with van der Waals surface area (Å²) in [5, 5.41) is 7.98. The first-order valence-corrected chi connectivity index (χ1v) is 13.7. The molecule has 3 aromatic rings. The van der Waals surface area contributed by atoms with Crippen molar-refractivity contribution in [2.24, 2.45) is 5.73 Å². The molecular formula is C24H23ClF3N5O4S. The van der Waals surface area contributed by atoms with Crippen molar-refractivity contribution in [3.8, 4) is 11.5 Å². The van der Waals surface area contributed by atoms with Gasteiger partial charge in [0.05, 0.1) is 34.5 Å². The topological polar surface area (TPSA) is 123 Å². The molecule has 9 nitrogen and oxygen atoms in total. The molecule has 0 saturated carbocycles. The molecule has 2 aliphatic heterocycles. The van der Waals surface area contributed by atoms with Crippen molar-refractivity contribution >= 4 is 33.0 Å². The quantitative estimate of drug-likeness (QED) is 0.508. The van der Waals surface area contributed by atoms with E-state index in [1.165, 1.54) is 0 Å². The smallest absolute Gasteiger partial charge is 0.262 e. The Morgan fingerprint density at radius 1 is 1.21 bits per heavy atom. The number of rotatable bonds is 4. The number of carbonyl (C=O) groups is 1. The van der Waals surface area contributed by atoms with E-state index in [4.69, 9.17) is 21.8 Å². The molecule has 1 saturated heterocycles. The molecule has 0 spiro atoms. The van der Waals surface area contributed by atoms with Crippen LogP contribution in [0.1, 0.15) is 23.8 Å². The number of fused-ring (bicyclic) bond motifs is 1. The average Bonchev–Trinajstić information content (AvgIpc) is 3.32. The molecule has 0 aliphatic carbocycles. The van der Waals surface area contributed by atoms with Gasteiger partial charge in [-0.05, 0) is 36.9 Å². The van der Waals surface area contributed by atoms with Crippen LogP contribution in [0.15, 0.2) is 45.7 Å². The second-order valence-electron chi connectivity index (χ2n) is 9.51. The van der Waals surface area contributed by atoms with Gasteiger partial charge < -0.3 is 20.0 Å². The molecule has 2 aliphatic rings. The number of halogens is 4. The third-order valence-electron chi connectivity index (χ3n) is 6.71. The maximum absolute atomic E-state index is 15.3. The Morgan fingerprint density at radius 3 is 2.63 bits per heavy atom. The highest BCUT2D eigenvalue weighted by Gasteiger charge is 2.47. The molecule has 14 heteroatoms. The average molecular weight is 570 g/mol. The van der Waals surface area contributed by atoms with Crippen molar-refractivity contribution in [3.63, 3.8) is 0 Å². The molecule has 2 N–H and O–H groups in total. The number of nitrogens with zero attached hydrogens (tertiary/aromatic N) is 4. The van der Waals surface area contributed by atoms with Gasteiger partial charge >= 0.3 is 0 Å². The lowest BCUT2D eigenvalue weighted by atomic mass is 9.94. The van der Waals surface area contributed by atoms with Crippen molar-refractivity contribution < 1.29 is 30.8 Å². The van der Waals surface area contributed by atoms with Gasteiger partial charge in [-0.25, -0.2) is 21.6 Å². The predicted molar refractivity (Wildman–Crippen MR) is 132 cm³/mol. The van der Waals surface area contributed by atoms with Gasteiger partial charge in [0.25, 0.3) is 11.8 Å². The highest BCUT2D eigenvalue weighted by atomic mass is 35.5. The summed E-state index contributed by atoms with van der Waals surface area (Å²) in [6.45, 7) is 0.0614. The zero-order valence-electron chi connectivity index (χ0n) is 20.1. The first-order chi connectivity index (χ1) is 17.9. The number of likely N-dealkylation sites (N-methyl/N-ethyl adjacent to an activating group) is 1. The summed E-state index contributed by atoms with van der Waals surface area (Å²) in [6.07, 6.45) is -0.404. The van der Waals surface area contributed by atoms with Crippen LogP contribution in [0.25, 0.3) is 11.5 Å². The molecule has 0 bridgehead atoms. The molecule has 1 unspecified atom stereocenters. The normalized spacial score (nSPS) is 23.2. The van der Waals surface area contributed by atoms with Crippen LogP contribution in [0.2, 0.25) is 5.02 Å². The van der Waals surface area contributed by atoms with Crippen molar-refractivity contribution in [1.82, 2.24) is 15.1 Å². The molecule has 1 fully saturated rings. The van der Waals surface area contributed by atoms with E-state index in [9.17, 15) is 22.0 Å². The van der Waals surface area contributed by atoms with E-state index in [0.29, 0.717) is 10.6 Å². The minimum absolute atomic E-state index is 0.0409. The summed E-state index contributed by atoms with van der Waals surface area (Å²) >= 11 is 5.95. The molecule has 1 aromatic heterocycles. The molecule has 0 radical (unpaired) electrons. The lowest BCUT2D eigenvalue weighted by molar-refractivity contribution is -0.119. The Bertz CT molecular complexity index is 1500. The first-order valence-electron chi connectivity index (χ1n) is 11.6. The van der Waals surface area contributed by atoms with Crippen LogP contribution in [0.3, 0.4) is 0 Å². The van der Waals surface area contributed by atoms with Gasteiger partial charge in [0, 0.05) is 24.5 Å². The number of benzene rings is 2. The fourth-order valence-electron chi connectivity index (χ4n) is 4.61. The van der Waals surface area contributed by atoms with Crippen LogP contribution in [0, 0.1) is 5.82 Å². The molecule has 2 aromatic carbocycles. The van der Waals surface area contributed by atoms with E-state index in [1.54, 1.807) is 36.2 Å². The Labute approximate surface area is 221 Å². The fourth-order valence-corrected chi connectivity index (χ4v) is 6.30. The third kappa shape index (κ3) is 4.91. The van der Waals surface area contributed by atoms with Crippen LogP contribution in [0.5, 0.6) is 0 Å². The zero-order valence-corrected chi connectivity index (χ0v) is 21.6. The Balaban J connectivity index is 1.60. The van der Waals surface area contributed by atoms with Crippen LogP contribution < -0.4 is 10.6 Å². The number of alkyl halides is 2. The van der Waals surface area contributed by atoms with E-state index >= 15 is 4.39 Å². The van der Waals surface area contributed by atoms with Crippen molar-refractivity contribution in [2.75, 3.05) is 30.8 Å². The number of amides is 1. The molecular weight excluding hydrogens is 547 g/mol. The Kier molecular flexibility index (Phi) is 6.74. The number of anilines is 1. The monoisotopic (exact) mass is 569 g/mol. The number of carbonyl (C=O) groups excluding carboxylic acids is 1. The minimum atomic E-state index is -4.17. The lowest BCUT2D eigenvalue weighted by Gasteiger charge is -2.34. The second kappa shape index (κ2) is 9.63. The van der Waals surface area contributed by atoms with Crippen molar-refractivity contribution in [1.29, 1.82) is 0 Å². The number of hydrogen-bond acceptors (Lipinski definition) is 8. The lowest BCUT2D eigenvalue weighted by Crippen LogP contribution is -2.45. The van der Waals surface area contributed by atoms with Crippen LogP contribution in [-0.2, 0) is 21.2 Å². The molecule has 5 rings (SSSR count). The summed E-state index contributed by atoms with van der Waals surface area (Å²) in [7, 11) is -2.48. The van der Waals surface area contributed by atoms with E-state index in [0.717, 1.165) is 17.0 Å². The van der Waals surface area contributed by atoms with Gasteiger partial charge in [-0.1, -0.05) is 23.7 Å².